The zero-order chi connectivity index (χ0) is 20.5. The Balaban J connectivity index is 1.62. The molecule has 1 fully saturated rings. The van der Waals surface area contributed by atoms with E-state index in [1.165, 1.54) is 6.07 Å². The van der Waals surface area contributed by atoms with E-state index in [-0.39, 0.29) is 30.6 Å². The standard InChI is InChI=1S/C21H17ClN4O3/c1-13-10-18(26(24-13)17-7-3-5-15(22)12-17)23-21(29)14-4-2-6-16(11-14)25-19(27)8-9-20(25)28/h2-7,10-12H,8-9H2,1H3,(H,23,29). The number of halogens is 1. The molecule has 0 aliphatic carbocycles. The first kappa shape index (κ1) is 18.9. The van der Waals surface area contributed by atoms with Crippen molar-refractivity contribution in [2.45, 2.75) is 19.8 Å². The monoisotopic (exact) mass is 408 g/mol. The minimum Gasteiger partial charge on any atom is -0.306 e. The van der Waals surface area contributed by atoms with E-state index in [1.807, 2.05) is 13.0 Å². The Morgan fingerprint density at radius 2 is 1.69 bits per heavy atom. The molecule has 0 bridgehead atoms. The lowest BCUT2D eigenvalue weighted by Crippen LogP contribution is -2.28. The van der Waals surface area contributed by atoms with Gasteiger partial charge < -0.3 is 5.32 Å². The van der Waals surface area contributed by atoms with Crippen LogP contribution in [0.25, 0.3) is 5.69 Å². The average molecular weight is 409 g/mol. The van der Waals surface area contributed by atoms with Gasteiger partial charge in [-0.1, -0.05) is 23.7 Å². The predicted octanol–water partition coefficient (Wildman–Crippen LogP) is 3.74. The Morgan fingerprint density at radius 1 is 1.00 bits per heavy atom. The lowest BCUT2D eigenvalue weighted by molar-refractivity contribution is -0.121. The van der Waals surface area contributed by atoms with Gasteiger partial charge in [0.15, 0.2) is 0 Å². The molecule has 1 aliphatic heterocycles. The molecular formula is C21H17ClN4O3. The number of amides is 3. The summed E-state index contributed by atoms with van der Waals surface area (Å²) in [5.41, 5.74) is 2.15. The summed E-state index contributed by atoms with van der Waals surface area (Å²) in [7, 11) is 0. The van der Waals surface area contributed by atoms with E-state index in [0.717, 1.165) is 10.6 Å². The lowest BCUT2D eigenvalue weighted by atomic mass is 10.1. The normalized spacial score (nSPS) is 13.8. The zero-order valence-electron chi connectivity index (χ0n) is 15.6. The molecule has 8 heteroatoms. The molecule has 0 radical (unpaired) electrons. The fraction of sp³-hybridized carbons (Fsp3) is 0.143. The summed E-state index contributed by atoms with van der Waals surface area (Å²) >= 11 is 6.07. The molecule has 2 aromatic carbocycles. The van der Waals surface area contributed by atoms with Crippen molar-refractivity contribution in [3.05, 3.63) is 70.9 Å². The summed E-state index contributed by atoms with van der Waals surface area (Å²) in [6, 6.07) is 15.3. The number of hydrogen-bond donors (Lipinski definition) is 1. The molecule has 1 saturated heterocycles. The minimum atomic E-state index is -0.380. The zero-order valence-corrected chi connectivity index (χ0v) is 16.3. The van der Waals surface area contributed by atoms with E-state index in [0.29, 0.717) is 27.8 Å². The van der Waals surface area contributed by atoms with Gasteiger partial charge in [-0.25, -0.2) is 4.68 Å². The molecular weight excluding hydrogens is 392 g/mol. The van der Waals surface area contributed by atoms with Crippen LogP contribution in [0, 0.1) is 6.92 Å². The summed E-state index contributed by atoms with van der Waals surface area (Å²) in [6.45, 7) is 1.82. The summed E-state index contributed by atoms with van der Waals surface area (Å²) in [4.78, 5) is 37.9. The number of rotatable bonds is 4. The second kappa shape index (κ2) is 7.52. The first-order chi connectivity index (χ1) is 13.9. The van der Waals surface area contributed by atoms with Gasteiger partial charge >= 0.3 is 0 Å². The lowest BCUT2D eigenvalue weighted by Gasteiger charge is -2.15. The third-order valence-electron chi connectivity index (χ3n) is 4.54. The maximum Gasteiger partial charge on any atom is 0.256 e. The fourth-order valence-electron chi connectivity index (χ4n) is 3.23. The highest BCUT2D eigenvalue weighted by Gasteiger charge is 2.30. The molecule has 146 valence electrons. The molecule has 0 unspecified atom stereocenters. The van der Waals surface area contributed by atoms with E-state index in [9.17, 15) is 14.4 Å². The number of carbonyl (C=O) groups excluding carboxylic acids is 3. The number of carbonyl (C=O) groups is 3. The molecule has 3 aromatic rings. The molecule has 0 spiro atoms. The third kappa shape index (κ3) is 3.77. The Kier molecular flexibility index (Phi) is 4.90. The quantitative estimate of drug-likeness (QED) is 0.666. The molecule has 1 aliphatic rings. The SMILES string of the molecule is Cc1cc(NC(=O)c2cccc(N3C(=O)CCC3=O)c2)n(-c2cccc(Cl)c2)n1. The van der Waals surface area contributed by atoms with Gasteiger partial charge in [-0.05, 0) is 43.3 Å². The van der Waals surface area contributed by atoms with Gasteiger partial charge in [0.2, 0.25) is 11.8 Å². The smallest absolute Gasteiger partial charge is 0.256 e. The van der Waals surface area contributed by atoms with Crippen LogP contribution in [0.5, 0.6) is 0 Å². The number of aromatic nitrogens is 2. The molecule has 4 rings (SSSR count). The van der Waals surface area contributed by atoms with Crippen LogP contribution in [0.1, 0.15) is 28.9 Å². The number of nitrogens with zero attached hydrogens (tertiary/aromatic N) is 3. The first-order valence-corrected chi connectivity index (χ1v) is 9.40. The van der Waals surface area contributed by atoms with Gasteiger partial charge in [-0.15, -0.1) is 0 Å². The number of aryl methyl sites for hydroxylation is 1. The highest BCUT2D eigenvalue weighted by Crippen LogP contribution is 2.25. The van der Waals surface area contributed by atoms with E-state index < -0.39 is 0 Å². The fourth-order valence-corrected chi connectivity index (χ4v) is 3.42. The number of nitrogens with one attached hydrogen (secondary N) is 1. The number of benzene rings is 2. The molecule has 1 N–H and O–H groups in total. The summed E-state index contributed by atoms with van der Waals surface area (Å²) in [6.07, 6.45) is 0.376. The van der Waals surface area contributed by atoms with Crippen LogP contribution >= 0.6 is 11.6 Å². The van der Waals surface area contributed by atoms with Gasteiger partial charge in [0.25, 0.3) is 5.91 Å². The van der Waals surface area contributed by atoms with Crippen molar-refractivity contribution < 1.29 is 14.4 Å². The van der Waals surface area contributed by atoms with Crippen LogP contribution in [0.2, 0.25) is 5.02 Å². The van der Waals surface area contributed by atoms with E-state index in [1.54, 1.807) is 47.1 Å². The summed E-state index contributed by atoms with van der Waals surface area (Å²) in [5, 5.41) is 7.81. The topological polar surface area (TPSA) is 84.3 Å². The molecule has 29 heavy (non-hydrogen) atoms. The first-order valence-electron chi connectivity index (χ1n) is 9.02. The second-order valence-corrected chi connectivity index (χ2v) is 7.13. The highest BCUT2D eigenvalue weighted by atomic mass is 35.5. The van der Waals surface area contributed by atoms with Crippen LogP contribution < -0.4 is 10.2 Å². The minimum absolute atomic E-state index is 0.188. The van der Waals surface area contributed by atoms with Gasteiger partial charge in [-0.3, -0.25) is 19.3 Å². The van der Waals surface area contributed by atoms with Crippen molar-refractivity contribution in [1.82, 2.24) is 9.78 Å². The Hall–Kier alpha value is -3.45. The summed E-state index contributed by atoms with van der Waals surface area (Å²) in [5.74, 6) is -0.424. The van der Waals surface area contributed by atoms with E-state index in [2.05, 4.69) is 10.4 Å². The molecule has 7 nitrogen and oxygen atoms in total. The van der Waals surface area contributed by atoms with Crippen molar-refractivity contribution in [2.24, 2.45) is 0 Å². The number of anilines is 2. The van der Waals surface area contributed by atoms with Crippen molar-refractivity contribution >= 4 is 40.8 Å². The van der Waals surface area contributed by atoms with Crippen molar-refractivity contribution in [3.63, 3.8) is 0 Å². The second-order valence-electron chi connectivity index (χ2n) is 6.69. The van der Waals surface area contributed by atoms with Gasteiger partial charge in [0, 0.05) is 29.5 Å². The van der Waals surface area contributed by atoms with Gasteiger partial charge in [-0.2, -0.15) is 5.10 Å². The average Bonchev–Trinajstić information content (AvgIpc) is 3.23. The molecule has 2 heterocycles. The van der Waals surface area contributed by atoms with Crippen LogP contribution in [-0.2, 0) is 9.59 Å². The van der Waals surface area contributed by atoms with Crippen molar-refractivity contribution in [2.75, 3.05) is 10.2 Å². The van der Waals surface area contributed by atoms with Crippen LogP contribution in [0.15, 0.2) is 54.6 Å². The van der Waals surface area contributed by atoms with Gasteiger partial charge in [0.1, 0.15) is 5.82 Å². The third-order valence-corrected chi connectivity index (χ3v) is 4.78. The number of hydrogen-bond acceptors (Lipinski definition) is 4. The number of imide groups is 1. The maximum absolute atomic E-state index is 12.8. The van der Waals surface area contributed by atoms with Crippen molar-refractivity contribution in [3.8, 4) is 5.69 Å². The molecule has 0 saturated carbocycles. The molecule has 1 aromatic heterocycles. The maximum atomic E-state index is 12.8. The molecule has 3 amide bonds. The van der Waals surface area contributed by atoms with Crippen LogP contribution in [-0.4, -0.2) is 27.5 Å². The summed E-state index contributed by atoms with van der Waals surface area (Å²) < 4.78 is 1.59. The Labute approximate surface area is 171 Å². The van der Waals surface area contributed by atoms with Gasteiger partial charge in [0.05, 0.1) is 17.1 Å². The van der Waals surface area contributed by atoms with E-state index >= 15 is 0 Å². The van der Waals surface area contributed by atoms with Crippen LogP contribution in [0.3, 0.4) is 0 Å². The Bertz CT molecular complexity index is 1120. The highest BCUT2D eigenvalue weighted by molar-refractivity contribution is 6.30. The van der Waals surface area contributed by atoms with Crippen molar-refractivity contribution in [1.29, 1.82) is 0 Å². The molecule has 0 atom stereocenters. The van der Waals surface area contributed by atoms with Crippen LogP contribution in [0.4, 0.5) is 11.5 Å². The predicted molar refractivity (Wildman–Crippen MR) is 109 cm³/mol. The Morgan fingerprint density at radius 3 is 2.41 bits per heavy atom. The largest absolute Gasteiger partial charge is 0.306 e. The van der Waals surface area contributed by atoms with E-state index in [4.69, 9.17) is 11.6 Å².